The minimum atomic E-state index is -0.809. The summed E-state index contributed by atoms with van der Waals surface area (Å²) in [4.78, 5) is 0. The van der Waals surface area contributed by atoms with Gasteiger partial charge in [0.25, 0.3) is 8.05 Å². The number of ether oxygens (including phenoxy) is 1. The predicted octanol–water partition coefficient (Wildman–Crippen LogP) is 2.46. The van der Waals surface area contributed by atoms with Crippen LogP contribution in [-0.2, 0) is 9.39 Å². The summed E-state index contributed by atoms with van der Waals surface area (Å²) < 4.78 is 10.9. The molecule has 0 atom stereocenters. The average molecular weight is 242 g/mol. The summed E-state index contributed by atoms with van der Waals surface area (Å²) in [5.41, 5.74) is -2.29. The number of aliphatic hydroxyl groups is 1. The first-order valence-electron chi connectivity index (χ1n) is 6.01. The third kappa shape index (κ3) is 3.97. The van der Waals surface area contributed by atoms with Crippen LogP contribution in [0.3, 0.4) is 0 Å². The van der Waals surface area contributed by atoms with E-state index in [0.29, 0.717) is 6.61 Å². The molecule has 0 aliphatic heterocycles. The van der Waals surface area contributed by atoms with Crippen LogP contribution in [0.4, 0.5) is 0 Å². The molecule has 2 radical (unpaired) electrons. The molecule has 0 saturated carbocycles. The van der Waals surface area contributed by atoms with Crippen LogP contribution in [-0.4, -0.2) is 36.6 Å². The Kier molecular flexibility index (Phi) is 4.89. The highest BCUT2D eigenvalue weighted by Gasteiger charge is 2.42. The Balaban J connectivity index is 4.69. The van der Waals surface area contributed by atoms with E-state index in [0.717, 1.165) is 0 Å². The van der Waals surface area contributed by atoms with Crippen LogP contribution in [0.15, 0.2) is 0 Å². The SMILES string of the molecule is [B]OC(C)(C)C(C)(C)OCC(C)(C)C(C)(C)O. The Labute approximate surface area is 107 Å². The van der Waals surface area contributed by atoms with Gasteiger partial charge in [0.1, 0.15) is 0 Å². The van der Waals surface area contributed by atoms with E-state index in [1.807, 2.05) is 41.5 Å². The molecule has 0 aromatic rings. The molecule has 0 heterocycles. The maximum atomic E-state index is 10.1. The molecule has 1 N–H and O–H groups in total. The minimum absolute atomic E-state index is 0.352. The lowest BCUT2D eigenvalue weighted by Gasteiger charge is -2.45. The van der Waals surface area contributed by atoms with Crippen molar-refractivity contribution in [3.8, 4) is 0 Å². The van der Waals surface area contributed by atoms with Gasteiger partial charge in [-0.3, -0.25) is 0 Å². The van der Waals surface area contributed by atoms with Crippen LogP contribution in [0.25, 0.3) is 0 Å². The van der Waals surface area contributed by atoms with Gasteiger partial charge in [0.05, 0.1) is 23.4 Å². The second-order valence-corrected chi connectivity index (χ2v) is 6.87. The van der Waals surface area contributed by atoms with Crippen molar-refractivity contribution in [2.24, 2.45) is 5.41 Å². The van der Waals surface area contributed by atoms with E-state index in [4.69, 9.17) is 17.4 Å². The fourth-order valence-electron chi connectivity index (χ4n) is 0.853. The van der Waals surface area contributed by atoms with E-state index in [1.165, 1.54) is 0 Å². The monoisotopic (exact) mass is 242 g/mol. The van der Waals surface area contributed by atoms with E-state index >= 15 is 0 Å². The van der Waals surface area contributed by atoms with Gasteiger partial charge < -0.3 is 14.5 Å². The van der Waals surface area contributed by atoms with E-state index < -0.39 is 16.8 Å². The standard InChI is InChI=1S/C13H27BO3/c1-10(2,11(3,4)15)9-16-12(5,6)13(7,8)17-14/h15H,9H2,1-8H3. The molecule has 3 nitrogen and oxygen atoms in total. The lowest BCUT2D eigenvalue weighted by atomic mass is 9.77. The molecule has 0 amide bonds. The molecule has 0 unspecified atom stereocenters. The topological polar surface area (TPSA) is 38.7 Å². The maximum Gasteiger partial charge on any atom is 0.283 e. The van der Waals surface area contributed by atoms with Crippen molar-refractivity contribution in [3.05, 3.63) is 0 Å². The molecule has 0 bridgehead atoms. The molecule has 0 aromatic carbocycles. The van der Waals surface area contributed by atoms with Crippen molar-refractivity contribution in [1.29, 1.82) is 0 Å². The third-order valence-electron chi connectivity index (χ3n) is 4.19. The third-order valence-corrected chi connectivity index (χ3v) is 4.19. The second-order valence-electron chi connectivity index (χ2n) is 6.87. The number of hydrogen-bond acceptors (Lipinski definition) is 3. The average Bonchev–Trinajstić information content (AvgIpc) is 2.13. The zero-order valence-corrected chi connectivity index (χ0v) is 12.5. The smallest absolute Gasteiger partial charge is 0.283 e. The summed E-state index contributed by atoms with van der Waals surface area (Å²) in [7, 11) is 5.29. The van der Waals surface area contributed by atoms with Crippen molar-refractivity contribution in [2.75, 3.05) is 6.61 Å². The Hall–Kier alpha value is -0.0551. The number of hydrogen-bond donors (Lipinski definition) is 1. The maximum absolute atomic E-state index is 10.1. The van der Waals surface area contributed by atoms with E-state index in [2.05, 4.69) is 0 Å². The van der Waals surface area contributed by atoms with Gasteiger partial charge in [-0.15, -0.1) is 0 Å². The summed E-state index contributed by atoms with van der Waals surface area (Å²) in [5, 5.41) is 10.1. The van der Waals surface area contributed by atoms with Gasteiger partial charge in [-0.25, -0.2) is 0 Å². The summed E-state index contributed by atoms with van der Waals surface area (Å²) in [6, 6.07) is 0. The molecule has 100 valence electrons. The first-order chi connectivity index (χ1) is 7.27. The highest BCUT2D eigenvalue weighted by atomic mass is 16.5. The Morgan fingerprint density at radius 2 is 1.29 bits per heavy atom. The van der Waals surface area contributed by atoms with Gasteiger partial charge in [-0.05, 0) is 41.5 Å². The molecule has 0 fully saturated rings. The normalized spacial score (nSPS) is 15.1. The molecule has 4 heteroatoms. The van der Waals surface area contributed by atoms with Crippen LogP contribution in [0.1, 0.15) is 55.4 Å². The van der Waals surface area contributed by atoms with Crippen molar-refractivity contribution in [1.82, 2.24) is 0 Å². The minimum Gasteiger partial charge on any atom is -0.440 e. The molecule has 0 aliphatic rings. The van der Waals surface area contributed by atoms with Gasteiger partial charge >= 0.3 is 0 Å². The van der Waals surface area contributed by atoms with Crippen LogP contribution in [0, 0.1) is 5.41 Å². The van der Waals surface area contributed by atoms with E-state index in [9.17, 15) is 5.11 Å². The number of rotatable bonds is 6. The van der Waals surface area contributed by atoms with Crippen molar-refractivity contribution in [3.63, 3.8) is 0 Å². The molecule has 0 aliphatic carbocycles. The van der Waals surface area contributed by atoms with E-state index in [-0.39, 0.29) is 5.41 Å². The summed E-state index contributed by atoms with van der Waals surface area (Å²) in [6.07, 6.45) is 0. The van der Waals surface area contributed by atoms with Crippen molar-refractivity contribution >= 4 is 8.05 Å². The Morgan fingerprint density at radius 3 is 1.59 bits per heavy atom. The largest absolute Gasteiger partial charge is 0.440 e. The molecular formula is C13H27BO3. The van der Waals surface area contributed by atoms with Gasteiger partial charge in [0.2, 0.25) is 0 Å². The van der Waals surface area contributed by atoms with E-state index in [1.54, 1.807) is 13.8 Å². The van der Waals surface area contributed by atoms with Gasteiger partial charge in [-0.1, -0.05) is 13.8 Å². The second kappa shape index (κ2) is 4.91. The highest BCUT2D eigenvalue weighted by molar-refractivity contribution is 5.98. The lowest BCUT2D eigenvalue weighted by molar-refractivity contribution is -0.173. The zero-order valence-electron chi connectivity index (χ0n) is 12.5. The molecule has 0 spiro atoms. The highest BCUT2D eigenvalue weighted by Crippen LogP contribution is 2.35. The molecule has 0 rings (SSSR count). The molecule has 0 aromatic heterocycles. The van der Waals surface area contributed by atoms with Gasteiger partial charge in [-0.2, -0.15) is 0 Å². The fraction of sp³-hybridized carbons (Fsp3) is 1.00. The van der Waals surface area contributed by atoms with Gasteiger partial charge in [0.15, 0.2) is 0 Å². The van der Waals surface area contributed by atoms with Crippen LogP contribution >= 0.6 is 0 Å². The first-order valence-corrected chi connectivity index (χ1v) is 6.01. The Bertz CT molecular complexity index is 252. The predicted molar refractivity (Wildman–Crippen MR) is 71.0 cm³/mol. The van der Waals surface area contributed by atoms with Crippen molar-refractivity contribution in [2.45, 2.75) is 72.2 Å². The summed E-state index contributed by atoms with van der Waals surface area (Å²) >= 11 is 0. The molecule has 0 saturated heterocycles. The molecular weight excluding hydrogens is 215 g/mol. The first kappa shape index (κ1) is 16.9. The molecule has 17 heavy (non-hydrogen) atoms. The van der Waals surface area contributed by atoms with Gasteiger partial charge in [0, 0.05) is 5.41 Å². The Morgan fingerprint density at radius 1 is 0.882 bits per heavy atom. The van der Waals surface area contributed by atoms with Crippen LogP contribution in [0.5, 0.6) is 0 Å². The quantitative estimate of drug-likeness (QED) is 0.727. The zero-order chi connectivity index (χ0) is 14.1. The van der Waals surface area contributed by atoms with Crippen molar-refractivity contribution < 1.29 is 14.5 Å². The van der Waals surface area contributed by atoms with Crippen LogP contribution in [0.2, 0.25) is 0 Å². The van der Waals surface area contributed by atoms with Crippen LogP contribution < -0.4 is 0 Å². The summed E-state index contributed by atoms with van der Waals surface area (Å²) in [5.74, 6) is 0. The fourth-order valence-corrected chi connectivity index (χ4v) is 0.853. The summed E-state index contributed by atoms with van der Waals surface area (Å²) in [6.45, 7) is 15.6. The lowest BCUT2D eigenvalue weighted by Crippen LogP contribution is -2.52.